The summed E-state index contributed by atoms with van der Waals surface area (Å²) in [6, 6.07) is 18.9. The zero-order chi connectivity index (χ0) is 26.0. The van der Waals surface area contributed by atoms with Crippen LogP contribution in [0.2, 0.25) is 0 Å². The smallest absolute Gasteiger partial charge is 0.369 e. The number of anilines is 2. The van der Waals surface area contributed by atoms with Crippen molar-refractivity contribution in [3.8, 4) is 0 Å². The number of hydrogen-bond acceptors (Lipinski definition) is 3. The van der Waals surface area contributed by atoms with E-state index in [4.69, 9.17) is 0 Å². The van der Waals surface area contributed by atoms with Crippen LogP contribution >= 0.6 is 0 Å². The maximum absolute atomic E-state index is 13.1. The van der Waals surface area contributed by atoms with Gasteiger partial charge in [-0.25, -0.2) is 0 Å². The molecule has 1 amide bonds. The number of hydrogen-bond donors (Lipinski definition) is 2. The lowest BCUT2D eigenvalue weighted by atomic mass is 10.1. The average molecular weight is 507 g/mol. The van der Waals surface area contributed by atoms with Crippen molar-refractivity contribution < 1.29 is 18.0 Å². The highest BCUT2D eigenvalue weighted by Crippen LogP contribution is 2.32. The number of carbonyl (C=O) groups excluding carboxylic acids is 1. The van der Waals surface area contributed by atoms with Gasteiger partial charge in [-0.1, -0.05) is 23.8 Å². The third-order valence-corrected chi connectivity index (χ3v) is 6.91. The predicted molar refractivity (Wildman–Crippen MR) is 141 cm³/mol. The molecule has 2 heterocycles. The van der Waals surface area contributed by atoms with E-state index in [2.05, 4.69) is 15.2 Å². The van der Waals surface area contributed by atoms with Crippen LogP contribution in [0.1, 0.15) is 27.0 Å². The molecule has 5 rings (SSSR count). The Morgan fingerprint density at radius 1 is 0.973 bits per heavy atom. The van der Waals surface area contributed by atoms with Gasteiger partial charge in [-0.15, -0.1) is 0 Å². The summed E-state index contributed by atoms with van der Waals surface area (Å²) in [7, 11) is 0. The van der Waals surface area contributed by atoms with Crippen molar-refractivity contribution in [2.75, 3.05) is 42.9 Å². The van der Waals surface area contributed by atoms with Crippen molar-refractivity contribution in [2.24, 2.45) is 0 Å². The molecule has 1 aliphatic rings. The van der Waals surface area contributed by atoms with E-state index in [-0.39, 0.29) is 5.91 Å². The maximum atomic E-state index is 13.1. The number of rotatable bonds is 6. The molecule has 0 bridgehead atoms. The minimum Gasteiger partial charge on any atom is -0.369 e. The second-order valence-corrected chi connectivity index (χ2v) is 9.52. The highest BCUT2D eigenvalue weighted by atomic mass is 19.4. The number of benzene rings is 3. The standard InChI is InChI=1S/C29H29F3N4O/c1-20-4-2-5-21(16-20)28(37)34-24-8-9-27-26(18-24)22(19-33-27)10-11-35-12-14-36(15-13-35)25-7-3-6-23(17-25)29(30,31)32/h2-9,16-19,33H,10-15H2,1H3,(H,34,37). The number of alkyl halides is 3. The molecule has 0 atom stereocenters. The van der Waals surface area contributed by atoms with Crippen LogP contribution in [-0.2, 0) is 12.6 Å². The normalized spacial score (nSPS) is 14.8. The molecule has 37 heavy (non-hydrogen) atoms. The molecule has 1 fully saturated rings. The van der Waals surface area contributed by atoms with Gasteiger partial charge in [-0.3, -0.25) is 9.69 Å². The summed E-state index contributed by atoms with van der Waals surface area (Å²) < 4.78 is 39.2. The molecule has 5 nitrogen and oxygen atoms in total. The van der Waals surface area contributed by atoms with Crippen LogP contribution in [0.5, 0.6) is 0 Å². The lowest BCUT2D eigenvalue weighted by Gasteiger charge is -2.36. The minimum absolute atomic E-state index is 0.140. The average Bonchev–Trinajstić information content (AvgIpc) is 3.29. The largest absolute Gasteiger partial charge is 0.416 e. The monoisotopic (exact) mass is 506 g/mol. The number of aryl methyl sites for hydroxylation is 1. The molecule has 1 aliphatic heterocycles. The fraction of sp³-hybridized carbons (Fsp3) is 0.276. The number of fused-ring (bicyclic) bond motifs is 1. The molecule has 2 N–H and O–H groups in total. The summed E-state index contributed by atoms with van der Waals surface area (Å²) in [5, 5.41) is 4.07. The third kappa shape index (κ3) is 5.80. The van der Waals surface area contributed by atoms with Crippen molar-refractivity contribution in [1.29, 1.82) is 0 Å². The number of nitrogens with one attached hydrogen (secondary N) is 2. The van der Waals surface area contributed by atoms with Gasteiger partial charge in [-0.05, 0) is 67.4 Å². The van der Waals surface area contributed by atoms with Crippen molar-refractivity contribution in [3.63, 3.8) is 0 Å². The van der Waals surface area contributed by atoms with E-state index in [9.17, 15) is 18.0 Å². The quantitative estimate of drug-likeness (QED) is 0.332. The number of nitrogens with zero attached hydrogens (tertiary/aromatic N) is 2. The zero-order valence-corrected chi connectivity index (χ0v) is 20.6. The van der Waals surface area contributed by atoms with Gasteiger partial charge >= 0.3 is 6.18 Å². The van der Waals surface area contributed by atoms with E-state index in [1.54, 1.807) is 12.1 Å². The summed E-state index contributed by atoms with van der Waals surface area (Å²) in [5.41, 5.74) is 4.59. The number of aromatic nitrogens is 1. The van der Waals surface area contributed by atoms with Crippen molar-refractivity contribution in [1.82, 2.24) is 9.88 Å². The minimum atomic E-state index is -4.33. The number of piperazine rings is 1. The van der Waals surface area contributed by atoms with Crippen LogP contribution in [0.25, 0.3) is 10.9 Å². The Kier molecular flexibility index (Phi) is 6.93. The molecule has 0 unspecified atom stereocenters. The van der Waals surface area contributed by atoms with Crippen molar-refractivity contribution >= 4 is 28.2 Å². The number of aromatic amines is 1. The second kappa shape index (κ2) is 10.3. The maximum Gasteiger partial charge on any atom is 0.416 e. The molecule has 4 aromatic rings. The van der Waals surface area contributed by atoms with Crippen LogP contribution in [0.4, 0.5) is 24.5 Å². The topological polar surface area (TPSA) is 51.4 Å². The summed E-state index contributed by atoms with van der Waals surface area (Å²) >= 11 is 0. The summed E-state index contributed by atoms with van der Waals surface area (Å²) in [5.74, 6) is -0.140. The highest BCUT2D eigenvalue weighted by Gasteiger charge is 2.31. The van der Waals surface area contributed by atoms with Gasteiger partial charge in [0.05, 0.1) is 5.56 Å². The fourth-order valence-corrected chi connectivity index (χ4v) is 4.84. The van der Waals surface area contributed by atoms with Crippen molar-refractivity contribution in [2.45, 2.75) is 19.5 Å². The molecular formula is C29H29F3N4O. The second-order valence-electron chi connectivity index (χ2n) is 9.52. The van der Waals surface area contributed by atoms with Gasteiger partial charge in [0, 0.05) is 66.8 Å². The summed E-state index contributed by atoms with van der Waals surface area (Å²) in [4.78, 5) is 20.3. The first kappa shape index (κ1) is 24.9. The van der Waals surface area contributed by atoms with E-state index >= 15 is 0 Å². The van der Waals surface area contributed by atoms with E-state index < -0.39 is 11.7 Å². The molecule has 0 aliphatic carbocycles. The number of carbonyl (C=O) groups is 1. The Balaban J connectivity index is 1.19. The molecule has 0 saturated carbocycles. The van der Waals surface area contributed by atoms with Gasteiger partial charge in [0.1, 0.15) is 0 Å². The van der Waals surface area contributed by atoms with E-state index in [1.165, 1.54) is 17.7 Å². The number of amides is 1. The van der Waals surface area contributed by atoms with Gasteiger partial charge in [0.15, 0.2) is 0 Å². The van der Waals surface area contributed by atoms with Crippen LogP contribution in [0.15, 0.2) is 72.9 Å². The number of H-pyrrole nitrogens is 1. The van der Waals surface area contributed by atoms with Gasteiger partial charge in [-0.2, -0.15) is 13.2 Å². The number of halogens is 3. The summed E-state index contributed by atoms with van der Waals surface area (Å²) in [6.07, 6.45) is -1.49. The molecule has 8 heteroatoms. The van der Waals surface area contributed by atoms with Crippen molar-refractivity contribution in [3.05, 3.63) is 95.2 Å². The van der Waals surface area contributed by atoms with Gasteiger partial charge in [0.2, 0.25) is 0 Å². The molecule has 3 aromatic carbocycles. The van der Waals surface area contributed by atoms with Crippen LogP contribution in [-0.4, -0.2) is 48.5 Å². The first-order chi connectivity index (χ1) is 17.8. The Hall–Kier alpha value is -3.78. The molecule has 1 saturated heterocycles. The van der Waals surface area contributed by atoms with Crippen LogP contribution in [0, 0.1) is 6.92 Å². The molecule has 1 aromatic heterocycles. The van der Waals surface area contributed by atoms with Crippen LogP contribution in [0.3, 0.4) is 0 Å². The Labute approximate surface area is 213 Å². The highest BCUT2D eigenvalue weighted by molar-refractivity contribution is 6.05. The fourth-order valence-electron chi connectivity index (χ4n) is 4.84. The molecular weight excluding hydrogens is 477 g/mol. The van der Waals surface area contributed by atoms with E-state index in [1.807, 2.05) is 54.4 Å². The summed E-state index contributed by atoms with van der Waals surface area (Å²) in [6.45, 7) is 5.75. The first-order valence-corrected chi connectivity index (χ1v) is 12.4. The lowest BCUT2D eigenvalue weighted by molar-refractivity contribution is -0.137. The van der Waals surface area contributed by atoms with E-state index in [0.29, 0.717) is 24.3 Å². The lowest BCUT2D eigenvalue weighted by Crippen LogP contribution is -2.47. The predicted octanol–water partition coefficient (Wildman–Crippen LogP) is 6.11. The third-order valence-electron chi connectivity index (χ3n) is 6.91. The Bertz CT molecular complexity index is 1400. The molecule has 0 radical (unpaired) electrons. The van der Waals surface area contributed by atoms with E-state index in [0.717, 1.165) is 54.3 Å². The first-order valence-electron chi connectivity index (χ1n) is 12.4. The Morgan fingerprint density at radius 2 is 1.76 bits per heavy atom. The van der Waals surface area contributed by atoms with Gasteiger partial charge < -0.3 is 15.2 Å². The van der Waals surface area contributed by atoms with Crippen LogP contribution < -0.4 is 10.2 Å². The molecule has 0 spiro atoms. The van der Waals surface area contributed by atoms with Gasteiger partial charge in [0.25, 0.3) is 5.91 Å². The molecule has 192 valence electrons. The SMILES string of the molecule is Cc1cccc(C(=O)Nc2ccc3[nH]cc(CCN4CCN(c5cccc(C(F)(F)F)c5)CC4)c3c2)c1. The zero-order valence-electron chi connectivity index (χ0n) is 20.6. The Morgan fingerprint density at radius 3 is 2.51 bits per heavy atom.